The molecule has 2 heterocycles. The molecule has 1 saturated heterocycles. The first-order valence-corrected chi connectivity index (χ1v) is 10.2. The number of carbonyl (C=O) groups excluding carboxylic acids is 3. The van der Waals surface area contributed by atoms with Crippen LogP contribution < -0.4 is 0 Å². The van der Waals surface area contributed by atoms with E-state index in [4.69, 9.17) is 4.74 Å². The van der Waals surface area contributed by atoms with Crippen molar-refractivity contribution in [1.82, 2.24) is 4.90 Å². The van der Waals surface area contributed by atoms with Crippen molar-refractivity contribution >= 4 is 23.1 Å². The molecule has 7 heteroatoms. The minimum atomic E-state index is -0.935. The summed E-state index contributed by atoms with van der Waals surface area (Å²) < 4.78 is 5.70. The average Bonchev–Trinajstić information content (AvgIpc) is 3.07. The van der Waals surface area contributed by atoms with Crippen LogP contribution in [0.25, 0.3) is 5.57 Å². The van der Waals surface area contributed by atoms with Crippen LogP contribution in [0.5, 0.6) is 11.5 Å². The summed E-state index contributed by atoms with van der Waals surface area (Å²) in [7, 11) is 0. The number of aromatic hydroxyl groups is 2. The van der Waals surface area contributed by atoms with Crippen molar-refractivity contribution in [2.75, 3.05) is 0 Å². The number of hydrogen-bond acceptors (Lipinski definition) is 7. The molecule has 3 atom stereocenters. The molecule has 158 valence electrons. The summed E-state index contributed by atoms with van der Waals surface area (Å²) in [6.07, 6.45) is -0.281. The highest BCUT2D eigenvalue weighted by molar-refractivity contribution is 6.41. The van der Waals surface area contributed by atoms with Crippen molar-refractivity contribution in [2.45, 2.75) is 39.5 Å². The van der Waals surface area contributed by atoms with Gasteiger partial charge in [-0.05, 0) is 36.6 Å². The number of rotatable bonds is 2. The lowest BCUT2D eigenvalue weighted by atomic mass is 9.77. The van der Waals surface area contributed by atoms with E-state index in [9.17, 15) is 24.6 Å². The standard InChI is InChI=1S/C24H21NO6/c1-4-11(3)19-24(30)31-23-13-8-10(2)9-15(27)16(13)18-20(25(19)23)22(29)17-12(21(18)28)6-5-7-14(17)26/h5-9,11,19,23,26-27H,4H2,1-3H3/t11-,19-,23+/m0/s1. The van der Waals surface area contributed by atoms with Crippen LogP contribution in [0.1, 0.15) is 63.9 Å². The third kappa shape index (κ3) is 2.43. The predicted octanol–water partition coefficient (Wildman–Crippen LogP) is 3.48. The molecule has 5 rings (SSSR count). The highest BCUT2D eigenvalue weighted by Crippen LogP contribution is 2.52. The van der Waals surface area contributed by atoms with E-state index < -0.39 is 29.8 Å². The number of fused-ring (bicyclic) bond motifs is 6. The molecular weight excluding hydrogens is 398 g/mol. The first-order valence-electron chi connectivity index (χ1n) is 10.2. The number of benzene rings is 2. The number of ether oxygens (including phenoxy) is 1. The van der Waals surface area contributed by atoms with Gasteiger partial charge < -0.3 is 19.8 Å². The van der Waals surface area contributed by atoms with Crippen molar-refractivity contribution in [3.05, 3.63) is 63.8 Å². The molecule has 0 saturated carbocycles. The molecule has 2 aromatic rings. The molecule has 2 aromatic carbocycles. The largest absolute Gasteiger partial charge is 0.507 e. The quantitative estimate of drug-likeness (QED) is 0.718. The number of phenolic OH excluding ortho intramolecular Hbond substituents is 2. The van der Waals surface area contributed by atoms with Gasteiger partial charge in [-0.3, -0.25) is 9.59 Å². The van der Waals surface area contributed by atoms with Gasteiger partial charge in [0.15, 0.2) is 5.78 Å². The first-order chi connectivity index (χ1) is 14.8. The molecule has 1 aliphatic carbocycles. The summed E-state index contributed by atoms with van der Waals surface area (Å²) in [5, 5.41) is 21.2. The van der Waals surface area contributed by atoms with Crippen molar-refractivity contribution in [3.8, 4) is 11.5 Å². The molecule has 0 spiro atoms. The molecule has 1 fully saturated rings. The fourth-order valence-electron chi connectivity index (χ4n) is 4.88. The van der Waals surface area contributed by atoms with Crippen LogP contribution in [-0.2, 0) is 9.53 Å². The fourth-order valence-corrected chi connectivity index (χ4v) is 4.88. The van der Waals surface area contributed by atoms with Crippen LogP contribution in [0.15, 0.2) is 36.0 Å². The van der Waals surface area contributed by atoms with Gasteiger partial charge in [0.05, 0.1) is 11.1 Å². The van der Waals surface area contributed by atoms with Gasteiger partial charge in [-0.1, -0.05) is 32.4 Å². The van der Waals surface area contributed by atoms with Gasteiger partial charge in [0.2, 0.25) is 12.0 Å². The van der Waals surface area contributed by atoms with E-state index in [-0.39, 0.29) is 45.4 Å². The number of hydrogen-bond donors (Lipinski definition) is 2. The highest BCUT2D eigenvalue weighted by atomic mass is 16.6. The maximum Gasteiger partial charge on any atom is 0.331 e. The topological polar surface area (TPSA) is 104 Å². The van der Waals surface area contributed by atoms with E-state index in [2.05, 4.69) is 0 Å². The van der Waals surface area contributed by atoms with Gasteiger partial charge in [-0.25, -0.2) is 4.79 Å². The van der Waals surface area contributed by atoms with Crippen LogP contribution in [-0.4, -0.2) is 38.7 Å². The molecule has 0 amide bonds. The van der Waals surface area contributed by atoms with E-state index in [1.165, 1.54) is 24.3 Å². The number of ketones is 2. The summed E-state index contributed by atoms with van der Waals surface area (Å²) in [6, 6.07) is 6.84. The van der Waals surface area contributed by atoms with Crippen molar-refractivity contribution in [3.63, 3.8) is 0 Å². The van der Waals surface area contributed by atoms with E-state index in [0.717, 1.165) is 5.56 Å². The van der Waals surface area contributed by atoms with Crippen molar-refractivity contribution in [1.29, 1.82) is 0 Å². The molecule has 0 radical (unpaired) electrons. The minimum absolute atomic E-state index is 0.00759. The normalized spacial score (nSPS) is 22.5. The minimum Gasteiger partial charge on any atom is -0.507 e. The second-order valence-electron chi connectivity index (χ2n) is 8.36. The van der Waals surface area contributed by atoms with Crippen LogP contribution in [0.4, 0.5) is 0 Å². The van der Waals surface area contributed by atoms with Gasteiger partial charge >= 0.3 is 5.97 Å². The third-order valence-corrected chi connectivity index (χ3v) is 6.46. The number of allylic oxidation sites excluding steroid dienone is 2. The molecule has 31 heavy (non-hydrogen) atoms. The van der Waals surface area contributed by atoms with Gasteiger partial charge in [0.1, 0.15) is 23.2 Å². The average molecular weight is 419 g/mol. The Kier molecular flexibility index (Phi) is 4.02. The predicted molar refractivity (Wildman–Crippen MR) is 110 cm³/mol. The van der Waals surface area contributed by atoms with Crippen LogP contribution in [0, 0.1) is 12.8 Å². The van der Waals surface area contributed by atoms with E-state index in [1.54, 1.807) is 17.9 Å². The summed E-state index contributed by atoms with van der Waals surface area (Å²) >= 11 is 0. The number of esters is 1. The Morgan fingerprint density at radius 1 is 1.06 bits per heavy atom. The zero-order valence-electron chi connectivity index (χ0n) is 17.3. The Balaban J connectivity index is 1.87. The molecular formula is C24H21NO6. The summed E-state index contributed by atoms with van der Waals surface area (Å²) in [5.74, 6) is -2.14. The van der Waals surface area contributed by atoms with Crippen LogP contribution in [0.3, 0.4) is 0 Å². The Morgan fingerprint density at radius 3 is 2.52 bits per heavy atom. The molecule has 0 unspecified atom stereocenters. The summed E-state index contributed by atoms with van der Waals surface area (Å²) in [4.78, 5) is 41.7. The summed E-state index contributed by atoms with van der Waals surface area (Å²) in [6.45, 7) is 5.61. The fraction of sp³-hybridized carbons (Fsp3) is 0.292. The lowest BCUT2D eigenvalue weighted by molar-refractivity contribution is -0.143. The molecule has 0 aromatic heterocycles. The molecule has 2 N–H and O–H groups in total. The Labute approximate surface area is 178 Å². The number of Topliss-reactive ketones (excluding diaryl/α,β-unsaturated/α-hetero) is 2. The van der Waals surface area contributed by atoms with Gasteiger partial charge in [0, 0.05) is 16.7 Å². The maximum atomic E-state index is 13.7. The smallest absolute Gasteiger partial charge is 0.331 e. The van der Waals surface area contributed by atoms with Crippen molar-refractivity contribution < 1.29 is 29.3 Å². The Bertz CT molecular complexity index is 1230. The van der Waals surface area contributed by atoms with Crippen LogP contribution in [0.2, 0.25) is 0 Å². The number of carbonyl (C=O) groups is 3. The Morgan fingerprint density at radius 2 is 1.81 bits per heavy atom. The van der Waals surface area contributed by atoms with Crippen molar-refractivity contribution in [2.24, 2.45) is 5.92 Å². The molecule has 7 nitrogen and oxygen atoms in total. The zero-order valence-corrected chi connectivity index (χ0v) is 17.3. The molecule has 0 bridgehead atoms. The lowest BCUT2D eigenvalue weighted by Gasteiger charge is -2.39. The highest BCUT2D eigenvalue weighted by Gasteiger charge is 2.54. The number of nitrogens with zero attached hydrogens (tertiary/aromatic N) is 1. The van der Waals surface area contributed by atoms with E-state index in [1.807, 2.05) is 13.8 Å². The second kappa shape index (κ2) is 6.44. The maximum absolute atomic E-state index is 13.7. The van der Waals surface area contributed by atoms with Gasteiger partial charge in [-0.2, -0.15) is 0 Å². The number of phenols is 2. The number of aryl methyl sites for hydroxylation is 1. The first kappa shape index (κ1) is 19.4. The Hall–Kier alpha value is -3.61. The van der Waals surface area contributed by atoms with E-state index >= 15 is 0 Å². The molecule has 3 aliphatic rings. The third-order valence-electron chi connectivity index (χ3n) is 6.46. The van der Waals surface area contributed by atoms with E-state index in [0.29, 0.717) is 12.0 Å². The zero-order chi connectivity index (χ0) is 22.2. The summed E-state index contributed by atoms with van der Waals surface area (Å²) in [5.41, 5.74) is 1.41. The van der Waals surface area contributed by atoms with Crippen LogP contribution >= 0.6 is 0 Å². The molecule has 2 aliphatic heterocycles. The van der Waals surface area contributed by atoms with Gasteiger partial charge in [-0.15, -0.1) is 0 Å². The van der Waals surface area contributed by atoms with Gasteiger partial charge in [0.25, 0.3) is 0 Å². The lowest BCUT2D eigenvalue weighted by Crippen LogP contribution is -2.45. The SMILES string of the molecule is CC[C@H](C)[C@H]1C(=O)O[C@@H]2c3cc(C)cc(O)c3C3=C(C(=O)c4c(O)cccc4C3=O)N21. The second-order valence-corrected chi connectivity index (χ2v) is 8.36. The monoisotopic (exact) mass is 419 g/mol.